The fourth-order valence-electron chi connectivity index (χ4n) is 1.77. The van der Waals surface area contributed by atoms with E-state index in [0.717, 1.165) is 19.4 Å². The Hall–Kier alpha value is -0.930. The van der Waals surface area contributed by atoms with Crippen LogP contribution in [0.3, 0.4) is 0 Å². The Labute approximate surface area is 91.7 Å². The molecule has 1 heterocycles. The first-order valence-electron chi connectivity index (χ1n) is 5.35. The Bertz CT molecular complexity index is 264. The van der Waals surface area contributed by atoms with Crippen molar-refractivity contribution in [3.63, 3.8) is 0 Å². The van der Waals surface area contributed by atoms with Gasteiger partial charge in [-0.1, -0.05) is 6.92 Å². The van der Waals surface area contributed by atoms with Gasteiger partial charge in [0.2, 0.25) is 0 Å². The highest BCUT2D eigenvalue weighted by atomic mass is 16.5. The van der Waals surface area contributed by atoms with Crippen molar-refractivity contribution in [3.05, 3.63) is 30.1 Å². The van der Waals surface area contributed by atoms with Gasteiger partial charge in [0.05, 0.1) is 0 Å². The minimum absolute atomic E-state index is 0.206. The quantitative estimate of drug-likeness (QED) is 0.773. The minimum Gasteiger partial charge on any atom is -0.384 e. The molecular formula is C12H20N2O. The third-order valence-electron chi connectivity index (χ3n) is 2.40. The van der Waals surface area contributed by atoms with Crippen LogP contribution in [0.1, 0.15) is 18.9 Å². The zero-order valence-corrected chi connectivity index (χ0v) is 9.52. The van der Waals surface area contributed by atoms with E-state index in [1.165, 1.54) is 5.56 Å². The molecule has 0 spiro atoms. The van der Waals surface area contributed by atoms with Gasteiger partial charge in [-0.3, -0.25) is 4.98 Å². The lowest BCUT2D eigenvalue weighted by molar-refractivity contribution is 0.152. The molecule has 1 rings (SSSR count). The molecule has 0 aliphatic rings. The van der Waals surface area contributed by atoms with Crippen molar-refractivity contribution in [2.45, 2.75) is 25.8 Å². The molecule has 0 aliphatic heterocycles. The van der Waals surface area contributed by atoms with E-state index in [1.807, 2.05) is 12.1 Å². The van der Waals surface area contributed by atoms with E-state index in [-0.39, 0.29) is 6.04 Å². The molecule has 3 heteroatoms. The summed E-state index contributed by atoms with van der Waals surface area (Å²) in [6, 6.07) is 4.24. The number of aromatic nitrogens is 1. The van der Waals surface area contributed by atoms with E-state index in [9.17, 15) is 0 Å². The molecule has 0 saturated carbocycles. The summed E-state index contributed by atoms with van der Waals surface area (Å²) in [5.74, 6) is 0.520. The fraction of sp³-hybridized carbons (Fsp3) is 0.583. The third kappa shape index (κ3) is 4.91. The molecule has 1 aromatic heterocycles. The second-order valence-electron chi connectivity index (χ2n) is 4.12. The fourth-order valence-corrected chi connectivity index (χ4v) is 1.77. The summed E-state index contributed by atoms with van der Waals surface area (Å²) in [5.41, 5.74) is 7.31. The maximum atomic E-state index is 6.06. The smallest absolute Gasteiger partial charge is 0.0488 e. The van der Waals surface area contributed by atoms with Gasteiger partial charge in [-0.05, 0) is 36.5 Å². The first-order valence-corrected chi connectivity index (χ1v) is 5.35. The Morgan fingerprint density at radius 1 is 1.40 bits per heavy atom. The third-order valence-corrected chi connectivity index (χ3v) is 2.40. The lowest BCUT2D eigenvalue weighted by Gasteiger charge is -2.16. The number of methoxy groups -OCH3 is 1. The molecule has 0 amide bonds. The molecule has 0 radical (unpaired) electrons. The van der Waals surface area contributed by atoms with Crippen molar-refractivity contribution < 1.29 is 4.74 Å². The van der Waals surface area contributed by atoms with Crippen molar-refractivity contribution in [1.29, 1.82) is 0 Å². The van der Waals surface area contributed by atoms with Gasteiger partial charge < -0.3 is 10.5 Å². The number of hydrogen-bond acceptors (Lipinski definition) is 3. The molecule has 1 aromatic rings. The van der Waals surface area contributed by atoms with Gasteiger partial charge >= 0.3 is 0 Å². The zero-order valence-electron chi connectivity index (χ0n) is 9.52. The van der Waals surface area contributed by atoms with Gasteiger partial charge in [0.15, 0.2) is 0 Å². The molecule has 2 N–H and O–H groups in total. The number of pyridine rings is 1. The van der Waals surface area contributed by atoms with Crippen LogP contribution >= 0.6 is 0 Å². The summed E-state index contributed by atoms with van der Waals surface area (Å²) >= 11 is 0. The zero-order chi connectivity index (χ0) is 11.1. The van der Waals surface area contributed by atoms with Gasteiger partial charge in [-0.2, -0.15) is 0 Å². The number of hydrogen-bond donors (Lipinski definition) is 1. The van der Waals surface area contributed by atoms with E-state index in [0.29, 0.717) is 5.92 Å². The minimum atomic E-state index is 0.206. The molecule has 0 aliphatic carbocycles. The van der Waals surface area contributed by atoms with Crippen LogP contribution in [0.5, 0.6) is 0 Å². The molecule has 2 atom stereocenters. The molecule has 2 unspecified atom stereocenters. The standard InChI is InChI=1S/C12H20N2O/c1-10(9-15-2)7-12(13)8-11-3-5-14-6-4-11/h3-6,10,12H,7-9,13H2,1-2H3. The second kappa shape index (κ2) is 6.53. The average molecular weight is 208 g/mol. The molecule has 0 bridgehead atoms. The highest BCUT2D eigenvalue weighted by Gasteiger charge is 2.09. The molecular weight excluding hydrogens is 188 g/mol. The number of rotatable bonds is 6. The van der Waals surface area contributed by atoms with Crippen LogP contribution in [0.15, 0.2) is 24.5 Å². The van der Waals surface area contributed by atoms with E-state index in [1.54, 1.807) is 19.5 Å². The van der Waals surface area contributed by atoms with Gasteiger partial charge in [0.1, 0.15) is 0 Å². The molecule has 3 nitrogen and oxygen atoms in total. The summed E-state index contributed by atoms with van der Waals surface area (Å²) in [7, 11) is 1.73. The van der Waals surface area contributed by atoms with Crippen LogP contribution in [0.25, 0.3) is 0 Å². The van der Waals surface area contributed by atoms with Crippen LogP contribution < -0.4 is 5.73 Å². The average Bonchev–Trinajstić information content (AvgIpc) is 2.19. The van der Waals surface area contributed by atoms with Crippen LogP contribution in [0.4, 0.5) is 0 Å². The highest BCUT2D eigenvalue weighted by molar-refractivity contribution is 5.11. The van der Waals surface area contributed by atoms with Crippen LogP contribution in [-0.2, 0) is 11.2 Å². The van der Waals surface area contributed by atoms with E-state index in [2.05, 4.69) is 11.9 Å². The SMILES string of the molecule is COCC(C)CC(N)Cc1ccncc1. The van der Waals surface area contributed by atoms with Gasteiger partial charge in [-0.25, -0.2) is 0 Å². The molecule has 0 fully saturated rings. The Morgan fingerprint density at radius 3 is 2.67 bits per heavy atom. The summed E-state index contributed by atoms with van der Waals surface area (Å²) in [6.45, 7) is 2.94. The molecule has 15 heavy (non-hydrogen) atoms. The predicted molar refractivity (Wildman–Crippen MR) is 61.6 cm³/mol. The normalized spacial score (nSPS) is 14.9. The van der Waals surface area contributed by atoms with Crippen molar-refractivity contribution in [1.82, 2.24) is 4.98 Å². The van der Waals surface area contributed by atoms with Crippen LogP contribution in [0.2, 0.25) is 0 Å². The summed E-state index contributed by atoms with van der Waals surface area (Å²) in [5, 5.41) is 0. The summed E-state index contributed by atoms with van der Waals surface area (Å²) < 4.78 is 5.09. The van der Waals surface area contributed by atoms with Gasteiger partial charge in [-0.15, -0.1) is 0 Å². The molecule has 0 aromatic carbocycles. The molecule has 84 valence electrons. The van der Waals surface area contributed by atoms with Crippen molar-refractivity contribution >= 4 is 0 Å². The Balaban J connectivity index is 2.33. The van der Waals surface area contributed by atoms with Gasteiger partial charge in [0.25, 0.3) is 0 Å². The lowest BCUT2D eigenvalue weighted by Crippen LogP contribution is -2.26. The van der Waals surface area contributed by atoms with Gasteiger partial charge in [0, 0.05) is 32.2 Å². The number of nitrogens with zero attached hydrogens (tertiary/aromatic N) is 1. The molecule has 0 saturated heterocycles. The van der Waals surface area contributed by atoms with Crippen molar-refractivity contribution in [3.8, 4) is 0 Å². The van der Waals surface area contributed by atoms with Crippen molar-refractivity contribution in [2.75, 3.05) is 13.7 Å². The maximum absolute atomic E-state index is 6.06. The lowest BCUT2D eigenvalue weighted by atomic mass is 9.98. The number of ether oxygens (including phenoxy) is 1. The second-order valence-corrected chi connectivity index (χ2v) is 4.12. The van der Waals surface area contributed by atoms with Crippen LogP contribution in [-0.4, -0.2) is 24.7 Å². The maximum Gasteiger partial charge on any atom is 0.0488 e. The number of nitrogens with two attached hydrogens (primary N) is 1. The summed E-state index contributed by atoms with van der Waals surface area (Å²) in [4.78, 5) is 3.98. The predicted octanol–water partition coefficient (Wildman–Crippen LogP) is 1.62. The first kappa shape index (κ1) is 12.1. The topological polar surface area (TPSA) is 48.1 Å². The summed E-state index contributed by atoms with van der Waals surface area (Å²) in [6.07, 6.45) is 5.52. The van der Waals surface area contributed by atoms with E-state index in [4.69, 9.17) is 10.5 Å². The van der Waals surface area contributed by atoms with E-state index >= 15 is 0 Å². The van der Waals surface area contributed by atoms with Crippen LogP contribution in [0, 0.1) is 5.92 Å². The first-order chi connectivity index (χ1) is 7.22. The Morgan fingerprint density at radius 2 is 2.07 bits per heavy atom. The largest absolute Gasteiger partial charge is 0.384 e. The van der Waals surface area contributed by atoms with E-state index < -0.39 is 0 Å². The highest BCUT2D eigenvalue weighted by Crippen LogP contribution is 2.09. The monoisotopic (exact) mass is 208 g/mol. The Kier molecular flexibility index (Phi) is 5.29. The van der Waals surface area contributed by atoms with Crippen molar-refractivity contribution in [2.24, 2.45) is 11.7 Å².